The van der Waals surface area contributed by atoms with Crippen LogP contribution in [0.25, 0.3) is 0 Å². The molecule has 3 rings (SSSR count). The maximum Gasteiger partial charge on any atom is 0.231 e. The highest BCUT2D eigenvalue weighted by Gasteiger charge is 2.35. The summed E-state index contributed by atoms with van der Waals surface area (Å²) >= 11 is 2.97. The molecule has 2 aromatic rings. The van der Waals surface area contributed by atoms with Gasteiger partial charge in [0, 0.05) is 23.9 Å². The summed E-state index contributed by atoms with van der Waals surface area (Å²) in [7, 11) is 0. The first-order chi connectivity index (χ1) is 11.9. The molecule has 1 aliphatic heterocycles. The molecule has 1 atom stereocenters. The summed E-state index contributed by atoms with van der Waals surface area (Å²) in [4.78, 5) is 26.5. The molecule has 0 unspecified atom stereocenters. The van der Waals surface area contributed by atoms with Gasteiger partial charge in [0.25, 0.3) is 0 Å². The number of carbonyl (C=O) groups is 2. The number of aryl methyl sites for hydroxylation is 1. The summed E-state index contributed by atoms with van der Waals surface area (Å²) < 4.78 is 0.828. The van der Waals surface area contributed by atoms with Gasteiger partial charge in [-0.2, -0.15) is 0 Å². The van der Waals surface area contributed by atoms with Crippen LogP contribution in [-0.2, 0) is 9.59 Å². The third kappa shape index (κ3) is 4.38. The van der Waals surface area contributed by atoms with Crippen LogP contribution in [0.15, 0.2) is 28.6 Å². The number of benzene rings is 1. The molecule has 0 radical (unpaired) electrons. The van der Waals surface area contributed by atoms with Gasteiger partial charge in [-0.25, -0.2) is 0 Å². The Balaban J connectivity index is 1.63. The lowest BCUT2D eigenvalue weighted by Crippen LogP contribution is -2.28. The number of thioether (sulfide) groups is 1. The van der Waals surface area contributed by atoms with Gasteiger partial charge in [0.05, 0.1) is 5.92 Å². The summed E-state index contributed by atoms with van der Waals surface area (Å²) in [5.41, 5.74) is 1.93. The lowest BCUT2D eigenvalue weighted by molar-refractivity contribution is -0.122. The normalized spacial score (nSPS) is 17.4. The van der Waals surface area contributed by atoms with Crippen LogP contribution in [0.4, 0.5) is 10.8 Å². The van der Waals surface area contributed by atoms with Gasteiger partial charge in [0.15, 0.2) is 4.34 Å². The zero-order valence-corrected chi connectivity index (χ0v) is 16.0. The Labute approximate surface area is 155 Å². The van der Waals surface area contributed by atoms with Crippen LogP contribution in [0.2, 0.25) is 0 Å². The van der Waals surface area contributed by atoms with Crippen molar-refractivity contribution in [3.8, 4) is 0 Å². The average Bonchev–Trinajstić information content (AvgIpc) is 3.13. The maximum atomic E-state index is 12.5. The number of hydrogen-bond acceptors (Lipinski definition) is 6. The number of nitrogens with one attached hydrogen (secondary N) is 1. The Hall–Kier alpha value is -1.93. The van der Waals surface area contributed by atoms with Gasteiger partial charge in [0.2, 0.25) is 16.9 Å². The second-order valence-electron chi connectivity index (χ2n) is 6.27. The first-order valence-corrected chi connectivity index (χ1v) is 9.80. The quantitative estimate of drug-likeness (QED) is 0.640. The largest absolute Gasteiger partial charge is 0.312 e. The minimum Gasteiger partial charge on any atom is -0.312 e. The molecule has 1 N–H and O–H groups in total. The highest BCUT2D eigenvalue weighted by Crippen LogP contribution is 2.30. The van der Waals surface area contributed by atoms with Crippen LogP contribution < -0.4 is 10.2 Å². The number of carbonyl (C=O) groups excluding carboxylic acids is 2. The highest BCUT2D eigenvalue weighted by molar-refractivity contribution is 8.01. The Morgan fingerprint density at radius 1 is 1.40 bits per heavy atom. The van der Waals surface area contributed by atoms with Crippen LogP contribution in [0, 0.1) is 12.8 Å². The summed E-state index contributed by atoms with van der Waals surface area (Å²) in [5, 5.41) is 11.8. The molecular formula is C17H20N4O2S2. The van der Waals surface area contributed by atoms with Gasteiger partial charge in [-0.1, -0.05) is 49.1 Å². The molecule has 0 spiro atoms. The number of rotatable bonds is 5. The van der Waals surface area contributed by atoms with Crippen molar-refractivity contribution in [3.05, 3.63) is 29.8 Å². The number of aromatic nitrogens is 2. The molecule has 2 heterocycles. The Kier molecular flexibility index (Phi) is 5.39. The third-order valence-corrected chi connectivity index (χ3v) is 5.71. The van der Waals surface area contributed by atoms with E-state index < -0.39 is 0 Å². The molecule has 1 saturated heterocycles. The summed E-state index contributed by atoms with van der Waals surface area (Å²) in [6.07, 6.45) is 0.214. The van der Waals surface area contributed by atoms with Gasteiger partial charge in [-0.05, 0) is 24.6 Å². The van der Waals surface area contributed by atoms with Gasteiger partial charge >= 0.3 is 0 Å². The standard InChI is InChI=1S/C17H20N4O2S2/c1-10(2)24-17-20-19-16(25-17)18-15(23)12-8-14(22)21(9-12)13-6-4-5-11(3)7-13/h4-7,10,12H,8-9H2,1-3H3,(H,18,19,23)/t12-/m1/s1. The molecule has 0 aliphatic carbocycles. The topological polar surface area (TPSA) is 75.2 Å². The van der Waals surface area contributed by atoms with E-state index in [1.54, 1.807) is 16.7 Å². The molecule has 1 aromatic heterocycles. The number of anilines is 2. The minimum absolute atomic E-state index is 0.0286. The van der Waals surface area contributed by atoms with Crippen molar-refractivity contribution < 1.29 is 9.59 Å². The predicted octanol–water partition coefficient (Wildman–Crippen LogP) is 3.34. The van der Waals surface area contributed by atoms with E-state index in [-0.39, 0.29) is 24.2 Å². The molecule has 0 bridgehead atoms. The van der Waals surface area contributed by atoms with Crippen molar-refractivity contribution in [3.63, 3.8) is 0 Å². The van der Waals surface area contributed by atoms with E-state index in [9.17, 15) is 9.59 Å². The Morgan fingerprint density at radius 2 is 2.20 bits per heavy atom. The number of nitrogens with zero attached hydrogens (tertiary/aromatic N) is 3. The maximum absolute atomic E-state index is 12.5. The summed E-state index contributed by atoms with van der Waals surface area (Å²) in [6, 6.07) is 7.75. The second kappa shape index (κ2) is 7.53. The van der Waals surface area contributed by atoms with E-state index in [0.717, 1.165) is 15.6 Å². The second-order valence-corrected chi connectivity index (χ2v) is 9.07. The lowest BCUT2D eigenvalue weighted by atomic mass is 10.1. The van der Waals surface area contributed by atoms with Crippen LogP contribution in [0.5, 0.6) is 0 Å². The van der Waals surface area contributed by atoms with Crippen molar-refractivity contribution in [2.45, 2.75) is 36.8 Å². The lowest BCUT2D eigenvalue weighted by Gasteiger charge is -2.17. The number of amides is 2. The van der Waals surface area contributed by atoms with Crippen LogP contribution in [0.1, 0.15) is 25.8 Å². The van der Waals surface area contributed by atoms with Gasteiger partial charge in [0.1, 0.15) is 0 Å². The van der Waals surface area contributed by atoms with E-state index >= 15 is 0 Å². The van der Waals surface area contributed by atoms with Gasteiger partial charge < -0.3 is 10.2 Å². The van der Waals surface area contributed by atoms with Crippen molar-refractivity contribution in [1.82, 2.24) is 10.2 Å². The smallest absolute Gasteiger partial charge is 0.231 e. The van der Waals surface area contributed by atoms with E-state index in [1.807, 2.05) is 31.2 Å². The highest BCUT2D eigenvalue weighted by atomic mass is 32.2. The van der Waals surface area contributed by atoms with Gasteiger partial charge in [-0.15, -0.1) is 10.2 Å². The van der Waals surface area contributed by atoms with Crippen molar-refractivity contribution in [1.29, 1.82) is 0 Å². The molecule has 1 aromatic carbocycles. The molecule has 8 heteroatoms. The minimum atomic E-state index is -0.377. The SMILES string of the molecule is Cc1cccc(N2C[C@H](C(=O)Nc3nnc(SC(C)C)s3)CC2=O)c1. The molecule has 1 aliphatic rings. The molecule has 2 amide bonds. The van der Waals surface area contributed by atoms with Crippen LogP contribution in [0.3, 0.4) is 0 Å². The van der Waals surface area contributed by atoms with Crippen molar-refractivity contribution in [2.24, 2.45) is 5.92 Å². The van der Waals surface area contributed by atoms with Crippen molar-refractivity contribution in [2.75, 3.05) is 16.8 Å². The first kappa shape index (κ1) is 17.9. The molecule has 132 valence electrons. The van der Waals surface area contributed by atoms with Crippen LogP contribution >= 0.6 is 23.1 Å². The zero-order chi connectivity index (χ0) is 18.0. The molecule has 6 nitrogen and oxygen atoms in total. The Morgan fingerprint density at radius 3 is 2.92 bits per heavy atom. The fraction of sp³-hybridized carbons (Fsp3) is 0.412. The predicted molar refractivity (Wildman–Crippen MR) is 101 cm³/mol. The van der Waals surface area contributed by atoms with E-state index in [4.69, 9.17) is 0 Å². The fourth-order valence-electron chi connectivity index (χ4n) is 2.65. The fourth-order valence-corrected chi connectivity index (χ4v) is 4.62. The summed E-state index contributed by atoms with van der Waals surface area (Å²) in [6.45, 7) is 6.53. The summed E-state index contributed by atoms with van der Waals surface area (Å²) in [5.74, 6) is -0.585. The zero-order valence-electron chi connectivity index (χ0n) is 14.4. The molecule has 25 heavy (non-hydrogen) atoms. The van der Waals surface area contributed by atoms with Gasteiger partial charge in [-0.3, -0.25) is 9.59 Å². The van der Waals surface area contributed by atoms with E-state index in [1.165, 1.54) is 11.3 Å². The molecule has 0 saturated carbocycles. The third-order valence-electron chi connectivity index (χ3n) is 3.78. The average molecular weight is 377 g/mol. The monoisotopic (exact) mass is 376 g/mol. The van der Waals surface area contributed by atoms with Crippen LogP contribution in [-0.4, -0.2) is 33.8 Å². The molecular weight excluding hydrogens is 356 g/mol. The molecule has 1 fully saturated rings. The first-order valence-electron chi connectivity index (χ1n) is 8.10. The Bertz CT molecular complexity index is 790. The number of hydrogen-bond donors (Lipinski definition) is 1. The van der Waals surface area contributed by atoms with Crippen molar-refractivity contribution >= 4 is 45.7 Å². The van der Waals surface area contributed by atoms with E-state index in [0.29, 0.717) is 16.9 Å². The van der Waals surface area contributed by atoms with E-state index in [2.05, 4.69) is 29.4 Å².